The molecule has 35 heavy (non-hydrogen) atoms. The zero-order valence-corrected chi connectivity index (χ0v) is 21.3. The first-order chi connectivity index (χ1) is 16.7. The van der Waals surface area contributed by atoms with Crippen molar-refractivity contribution in [3.05, 3.63) is 65.2 Å². The molecule has 1 aliphatic carbocycles. The van der Waals surface area contributed by atoms with Gasteiger partial charge in [0.1, 0.15) is 12.1 Å². The molecule has 1 spiro atoms. The summed E-state index contributed by atoms with van der Waals surface area (Å²) in [5.41, 5.74) is 3.05. The third-order valence-electron chi connectivity index (χ3n) is 7.43. The van der Waals surface area contributed by atoms with E-state index >= 15 is 0 Å². The second-order valence-electron chi connectivity index (χ2n) is 10.5. The van der Waals surface area contributed by atoms with Gasteiger partial charge in [-0.1, -0.05) is 95.5 Å². The maximum atomic E-state index is 13.7. The monoisotopic (exact) mass is 475 g/mol. The van der Waals surface area contributed by atoms with Gasteiger partial charge in [-0.3, -0.25) is 14.5 Å². The van der Waals surface area contributed by atoms with Gasteiger partial charge in [-0.15, -0.1) is 0 Å². The molecule has 0 unspecified atom stereocenters. The highest BCUT2D eigenvalue weighted by molar-refractivity contribution is 6.10. The standard InChI is InChI=1S/C29H37N3O3/c1-20(2)23-14-11-15-24(21(3)4)26(23)30-25(33)19-31-27(34)29(16-9-6-10-17-29)32(28(31)35)18-22-12-7-5-8-13-22/h5,7-8,11-15,20-21H,6,9-10,16-19H2,1-4H3,(H,30,33). The summed E-state index contributed by atoms with van der Waals surface area (Å²) in [5, 5.41) is 3.06. The van der Waals surface area contributed by atoms with Crippen molar-refractivity contribution in [2.24, 2.45) is 0 Å². The highest BCUT2D eigenvalue weighted by Gasteiger charge is 2.57. The molecule has 2 aliphatic rings. The van der Waals surface area contributed by atoms with Crippen LogP contribution in [0.4, 0.5) is 10.5 Å². The number of rotatable bonds is 7. The third-order valence-corrected chi connectivity index (χ3v) is 7.43. The summed E-state index contributed by atoms with van der Waals surface area (Å²) in [5.74, 6) is -0.111. The van der Waals surface area contributed by atoms with Crippen molar-refractivity contribution < 1.29 is 14.4 Å². The van der Waals surface area contributed by atoms with Gasteiger partial charge in [0, 0.05) is 12.2 Å². The van der Waals surface area contributed by atoms with Crippen LogP contribution in [0.1, 0.15) is 88.3 Å². The van der Waals surface area contributed by atoms with Crippen LogP contribution in [0.2, 0.25) is 0 Å². The van der Waals surface area contributed by atoms with E-state index in [1.165, 1.54) is 4.90 Å². The molecular weight excluding hydrogens is 438 g/mol. The Morgan fingerprint density at radius 1 is 0.886 bits per heavy atom. The van der Waals surface area contributed by atoms with Gasteiger partial charge in [0.15, 0.2) is 0 Å². The van der Waals surface area contributed by atoms with E-state index in [-0.39, 0.29) is 36.2 Å². The number of carbonyl (C=O) groups excluding carboxylic acids is 3. The molecule has 1 saturated heterocycles. The molecule has 6 heteroatoms. The first kappa shape index (κ1) is 25.0. The summed E-state index contributed by atoms with van der Waals surface area (Å²) >= 11 is 0. The smallest absolute Gasteiger partial charge is 0.324 e. The third kappa shape index (κ3) is 4.84. The summed E-state index contributed by atoms with van der Waals surface area (Å²) in [4.78, 5) is 43.5. The number of para-hydroxylation sites is 1. The predicted molar refractivity (Wildman–Crippen MR) is 138 cm³/mol. The maximum Gasteiger partial charge on any atom is 0.328 e. The van der Waals surface area contributed by atoms with Crippen LogP contribution in [-0.2, 0) is 16.1 Å². The lowest BCUT2D eigenvalue weighted by atomic mass is 9.80. The Morgan fingerprint density at radius 3 is 2.06 bits per heavy atom. The molecule has 2 fully saturated rings. The van der Waals surface area contributed by atoms with Gasteiger partial charge in [0.05, 0.1) is 0 Å². The minimum atomic E-state index is -0.843. The first-order valence-corrected chi connectivity index (χ1v) is 12.8. The average Bonchev–Trinajstić information content (AvgIpc) is 3.01. The Hall–Kier alpha value is -3.15. The number of urea groups is 1. The number of anilines is 1. The van der Waals surface area contributed by atoms with Crippen molar-refractivity contribution in [2.75, 3.05) is 11.9 Å². The molecule has 0 bridgehead atoms. The van der Waals surface area contributed by atoms with Crippen molar-refractivity contribution in [3.8, 4) is 0 Å². The van der Waals surface area contributed by atoms with Crippen LogP contribution >= 0.6 is 0 Å². The van der Waals surface area contributed by atoms with Gasteiger partial charge < -0.3 is 10.2 Å². The van der Waals surface area contributed by atoms with Crippen molar-refractivity contribution in [1.29, 1.82) is 0 Å². The number of nitrogens with zero attached hydrogens (tertiary/aromatic N) is 2. The van der Waals surface area contributed by atoms with Crippen LogP contribution in [0.15, 0.2) is 48.5 Å². The molecule has 0 atom stereocenters. The lowest BCUT2D eigenvalue weighted by molar-refractivity contribution is -0.137. The average molecular weight is 476 g/mol. The number of amides is 4. The molecule has 2 aromatic carbocycles. The minimum Gasteiger partial charge on any atom is -0.324 e. The quantitative estimate of drug-likeness (QED) is 0.497. The summed E-state index contributed by atoms with van der Waals surface area (Å²) in [6.07, 6.45) is 4.17. The number of carbonyl (C=O) groups is 3. The van der Waals surface area contributed by atoms with E-state index in [1.807, 2.05) is 48.5 Å². The largest absolute Gasteiger partial charge is 0.328 e. The van der Waals surface area contributed by atoms with Gasteiger partial charge in [-0.25, -0.2) is 4.79 Å². The molecule has 1 N–H and O–H groups in total. The van der Waals surface area contributed by atoms with Crippen LogP contribution in [0.3, 0.4) is 0 Å². The SMILES string of the molecule is CC(C)c1cccc(C(C)C)c1NC(=O)CN1C(=O)N(Cc2ccccc2)C2(CCCCC2)C1=O. The maximum absolute atomic E-state index is 13.7. The topological polar surface area (TPSA) is 69.7 Å². The van der Waals surface area contributed by atoms with Gasteiger partial charge >= 0.3 is 6.03 Å². The molecule has 4 rings (SSSR count). The highest BCUT2D eigenvalue weighted by Crippen LogP contribution is 2.41. The summed E-state index contributed by atoms with van der Waals surface area (Å²) < 4.78 is 0. The fourth-order valence-electron chi connectivity index (χ4n) is 5.55. The molecule has 1 aliphatic heterocycles. The lowest BCUT2D eigenvalue weighted by Crippen LogP contribution is -2.50. The zero-order valence-electron chi connectivity index (χ0n) is 21.3. The molecule has 6 nitrogen and oxygen atoms in total. The van der Waals surface area contributed by atoms with Gasteiger partial charge in [0.2, 0.25) is 5.91 Å². The number of hydrogen-bond donors (Lipinski definition) is 1. The Kier molecular flexibility index (Phi) is 7.29. The van der Waals surface area contributed by atoms with E-state index in [1.54, 1.807) is 4.90 Å². The van der Waals surface area contributed by atoms with Crippen molar-refractivity contribution in [3.63, 3.8) is 0 Å². The normalized spacial score (nSPS) is 17.7. The number of imide groups is 1. The molecule has 1 saturated carbocycles. The summed E-state index contributed by atoms with van der Waals surface area (Å²) in [7, 11) is 0. The van der Waals surface area contributed by atoms with Gasteiger partial charge in [-0.2, -0.15) is 0 Å². The number of nitrogens with one attached hydrogen (secondary N) is 1. The van der Waals surface area contributed by atoms with E-state index in [0.29, 0.717) is 19.4 Å². The van der Waals surface area contributed by atoms with Crippen LogP contribution in [0.25, 0.3) is 0 Å². The fraction of sp³-hybridized carbons (Fsp3) is 0.483. The van der Waals surface area contributed by atoms with Crippen LogP contribution < -0.4 is 5.32 Å². The molecule has 2 aromatic rings. The molecule has 4 amide bonds. The lowest BCUT2D eigenvalue weighted by Gasteiger charge is -2.38. The first-order valence-electron chi connectivity index (χ1n) is 12.8. The number of benzene rings is 2. The summed E-state index contributed by atoms with van der Waals surface area (Å²) in [6.45, 7) is 8.48. The molecule has 186 valence electrons. The summed E-state index contributed by atoms with van der Waals surface area (Å²) in [6, 6.07) is 15.5. The molecular formula is C29H37N3O3. The Morgan fingerprint density at radius 2 is 1.49 bits per heavy atom. The number of hydrogen-bond acceptors (Lipinski definition) is 3. The zero-order chi connectivity index (χ0) is 25.2. The highest BCUT2D eigenvalue weighted by atomic mass is 16.2. The van der Waals surface area contributed by atoms with E-state index in [4.69, 9.17) is 0 Å². The Balaban J connectivity index is 1.59. The Bertz CT molecular complexity index is 1060. The second kappa shape index (κ2) is 10.2. The van der Waals surface area contributed by atoms with Crippen LogP contribution in [0, 0.1) is 0 Å². The van der Waals surface area contributed by atoms with E-state index < -0.39 is 5.54 Å². The minimum absolute atomic E-state index is 0.227. The molecule has 0 aromatic heterocycles. The second-order valence-corrected chi connectivity index (χ2v) is 10.5. The van der Waals surface area contributed by atoms with E-state index in [0.717, 1.165) is 41.6 Å². The van der Waals surface area contributed by atoms with Gasteiger partial charge in [0.25, 0.3) is 5.91 Å². The Labute approximate surface area is 208 Å². The predicted octanol–water partition coefficient (Wildman–Crippen LogP) is 6.04. The van der Waals surface area contributed by atoms with E-state index in [9.17, 15) is 14.4 Å². The van der Waals surface area contributed by atoms with Crippen molar-refractivity contribution >= 4 is 23.5 Å². The van der Waals surface area contributed by atoms with Crippen molar-refractivity contribution in [2.45, 2.75) is 83.7 Å². The molecule has 0 radical (unpaired) electrons. The van der Waals surface area contributed by atoms with E-state index in [2.05, 4.69) is 33.0 Å². The molecule has 1 heterocycles. The fourth-order valence-corrected chi connectivity index (χ4v) is 5.55. The van der Waals surface area contributed by atoms with Crippen LogP contribution in [-0.4, -0.2) is 39.7 Å². The van der Waals surface area contributed by atoms with Crippen molar-refractivity contribution in [1.82, 2.24) is 9.80 Å². The van der Waals surface area contributed by atoms with Gasteiger partial charge in [-0.05, 0) is 41.4 Å². The van der Waals surface area contributed by atoms with Crippen LogP contribution in [0.5, 0.6) is 0 Å².